The molecule has 4 heterocycles. The van der Waals surface area contributed by atoms with Crippen molar-refractivity contribution in [3.63, 3.8) is 0 Å². The minimum atomic E-state index is 0.492. The van der Waals surface area contributed by atoms with Gasteiger partial charge in [0.25, 0.3) is 0 Å². The zero-order chi connectivity index (χ0) is 14.9. The van der Waals surface area contributed by atoms with Crippen molar-refractivity contribution in [2.24, 2.45) is 7.05 Å². The van der Waals surface area contributed by atoms with E-state index in [1.807, 2.05) is 36.4 Å². The van der Waals surface area contributed by atoms with Crippen LogP contribution in [-0.2, 0) is 7.05 Å². The van der Waals surface area contributed by atoms with Crippen LogP contribution in [0.4, 0.5) is 0 Å². The number of hydrogen-bond acceptors (Lipinski definition) is 4. The molecule has 1 saturated heterocycles. The van der Waals surface area contributed by atoms with Crippen molar-refractivity contribution in [2.75, 3.05) is 13.1 Å². The van der Waals surface area contributed by atoms with Crippen molar-refractivity contribution in [2.45, 2.75) is 25.2 Å². The van der Waals surface area contributed by atoms with Gasteiger partial charge >= 0.3 is 0 Å². The number of hydrogen-bond donors (Lipinski definition) is 1. The summed E-state index contributed by atoms with van der Waals surface area (Å²) in [7, 11) is 1.92. The summed E-state index contributed by atoms with van der Waals surface area (Å²) in [4.78, 5) is 4.98. The summed E-state index contributed by atoms with van der Waals surface area (Å²) < 4.78 is 3.75. The molecular formula is C16H20N6. The second-order valence-corrected chi connectivity index (χ2v) is 5.95. The SMILES string of the molecule is Cn1cc(-c2cn3nccc3c(C3CCCNCC3)n2)cn1. The lowest BCUT2D eigenvalue weighted by Gasteiger charge is -2.15. The lowest BCUT2D eigenvalue weighted by molar-refractivity contribution is 0.595. The van der Waals surface area contributed by atoms with E-state index < -0.39 is 0 Å². The topological polar surface area (TPSA) is 60.0 Å². The molecule has 6 nitrogen and oxygen atoms in total. The average molecular weight is 296 g/mol. The number of nitrogens with zero attached hydrogens (tertiary/aromatic N) is 5. The number of rotatable bonds is 2. The van der Waals surface area contributed by atoms with Gasteiger partial charge in [-0.25, -0.2) is 9.50 Å². The summed E-state index contributed by atoms with van der Waals surface area (Å²) in [6.45, 7) is 2.16. The highest BCUT2D eigenvalue weighted by Crippen LogP contribution is 2.30. The van der Waals surface area contributed by atoms with Gasteiger partial charge in [0.2, 0.25) is 0 Å². The second kappa shape index (κ2) is 5.53. The van der Waals surface area contributed by atoms with Gasteiger partial charge in [-0.1, -0.05) is 0 Å². The Morgan fingerprint density at radius 1 is 1.18 bits per heavy atom. The minimum Gasteiger partial charge on any atom is -0.317 e. The summed E-state index contributed by atoms with van der Waals surface area (Å²) in [6, 6.07) is 2.06. The molecule has 3 aromatic rings. The third-order valence-electron chi connectivity index (χ3n) is 4.38. The Bertz CT molecular complexity index is 779. The fraction of sp³-hybridized carbons (Fsp3) is 0.438. The van der Waals surface area contributed by atoms with Gasteiger partial charge in [-0.2, -0.15) is 10.2 Å². The van der Waals surface area contributed by atoms with Gasteiger partial charge in [0, 0.05) is 24.7 Å². The minimum absolute atomic E-state index is 0.492. The number of fused-ring (bicyclic) bond motifs is 1. The molecule has 4 rings (SSSR count). The van der Waals surface area contributed by atoms with Crippen LogP contribution in [-0.4, -0.2) is 37.5 Å². The summed E-state index contributed by atoms with van der Waals surface area (Å²) in [6.07, 6.45) is 11.2. The van der Waals surface area contributed by atoms with Crippen LogP contribution in [0.1, 0.15) is 30.9 Å². The number of aromatic nitrogens is 5. The molecule has 3 aromatic heterocycles. The van der Waals surface area contributed by atoms with Gasteiger partial charge in [0.15, 0.2) is 0 Å². The molecule has 6 heteroatoms. The highest BCUT2D eigenvalue weighted by Gasteiger charge is 2.20. The van der Waals surface area contributed by atoms with Gasteiger partial charge in [0.1, 0.15) is 0 Å². The van der Waals surface area contributed by atoms with E-state index in [0.29, 0.717) is 5.92 Å². The van der Waals surface area contributed by atoms with Crippen molar-refractivity contribution < 1.29 is 0 Å². The third-order valence-corrected chi connectivity index (χ3v) is 4.38. The molecule has 0 radical (unpaired) electrons. The van der Waals surface area contributed by atoms with Crippen molar-refractivity contribution in [1.82, 2.24) is 29.7 Å². The molecule has 1 N–H and O–H groups in total. The molecule has 0 amide bonds. The first-order valence-corrected chi connectivity index (χ1v) is 7.85. The molecule has 1 unspecified atom stereocenters. The van der Waals surface area contributed by atoms with E-state index >= 15 is 0 Å². The maximum Gasteiger partial charge on any atom is 0.0921 e. The van der Waals surface area contributed by atoms with Crippen molar-refractivity contribution >= 4 is 5.52 Å². The van der Waals surface area contributed by atoms with E-state index in [-0.39, 0.29) is 0 Å². The van der Waals surface area contributed by atoms with Crippen molar-refractivity contribution in [3.05, 3.63) is 36.5 Å². The third kappa shape index (κ3) is 2.39. The van der Waals surface area contributed by atoms with Crippen LogP contribution < -0.4 is 5.32 Å². The lowest BCUT2D eigenvalue weighted by atomic mass is 9.95. The van der Waals surface area contributed by atoms with E-state index in [4.69, 9.17) is 4.98 Å². The predicted molar refractivity (Wildman–Crippen MR) is 84.7 cm³/mol. The Morgan fingerprint density at radius 2 is 2.14 bits per heavy atom. The fourth-order valence-corrected chi connectivity index (χ4v) is 3.24. The summed E-state index contributed by atoms with van der Waals surface area (Å²) in [5.41, 5.74) is 4.27. The molecule has 1 atom stereocenters. The largest absolute Gasteiger partial charge is 0.317 e. The van der Waals surface area contributed by atoms with E-state index in [1.54, 1.807) is 4.68 Å². The predicted octanol–water partition coefficient (Wildman–Crippen LogP) is 1.99. The van der Waals surface area contributed by atoms with E-state index in [2.05, 4.69) is 21.6 Å². The van der Waals surface area contributed by atoms with Crippen LogP contribution in [0.5, 0.6) is 0 Å². The van der Waals surface area contributed by atoms with Crippen molar-refractivity contribution in [1.29, 1.82) is 0 Å². The van der Waals surface area contributed by atoms with Crippen LogP contribution in [0.2, 0.25) is 0 Å². The maximum atomic E-state index is 4.98. The Morgan fingerprint density at radius 3 is 3.00 bits per heavy atom. The van der Waals surface area contributed by atoms with Crippen LogP contribution in [0, 0.1) is 0 Å². The molecule has 0 aromatic carbocycles. The average Bonchev–Trinajstić information content (AvgIpc) is 3.08. The number of nitrogens with one attached hydrogen (secondary N) is 1. The smallest absolute Gasteiger partial charge is 0.0921 e. The summed E-state index contributed by atoms with van der Waals surface area (Å²) >= 11 is 0. The normalized spacial score (nSPS) is 19.4. The zero-order valence-corrected chi connectivity index (χ0v) is 12.7. The molecule has 0 aliphatic carbocycles. The highest BCUT2D eigenvalue weighted by atomic mass is 15.2. The first kappa shape index (κ1) is 13.5. The Kier molecular flexibility index (Phi) is 3.38. The standard InChI is InChI=1S/C16H20N6/c1-21-10-13(9-19-21)14-11-22-15(5-8-18-22)16(20-14)12-3-2-6-17-7-4-12/h5,8-12,17H,2-4,6-7H2,1H3. The van der Waals surface area contributed by atoms with Crippen LogP contribution >= 0.6 is 0 Å². The van der Waals surface area contributed by atoms with E-state index in [0.717, 1.165) is 36.3 Å². The van der Waals surface area contributed by atoms with E-state index in [1.165, 1.54) is 18.5 Å². The lowest BCUT2D eigenvalue weighted by Crippen LogP contribution is -2.14. The Labute approximate surface area is 129 Å². The summed E-state index contributed by atoms with van der Waals surface area (Å²) in [5.74, 6) is 0.492. The molecule has 1 fully saturated rings. The molecule has 114 valence electrons. The molecule has 0 saturated carbocycles. The molecule has 0 spiro atoms. The van der Waals surface area contributed by atoms with Crippen molar-refractivity contribution in [3.8, 4) is 11.3 Å². The van der Waals surface area contributed by atoms with Gasteiger partial charge in [0.05, 0.1) is 35.5 Å². The fourth-order valence-electron chi connectivity index (χ4n) is 3.24. The quantitative estimate of drug-likeness (QED) is 0.785. The zero-order valence-electron chi connectivity index (χ0n) is 12.7. The van der Waals surface area contributed by atoms with Gasteiger partial charge in [-0.05, 0) is 38.4 Å². The first-order chi connectivity index (χ1) is 10.8. The van der Waals surface area contributed by atoms with Gasteiger partial charge in [-0.15, -0.1) is 0 Å². The van der Waals surface area contributed by atoms with Crippen LogP contribution in [0.15, 0.2) is 30.9 Å². The van der Waals surface area contributed by atoms with Crippen LogP contribution in [0.25, 0.3) is 16.8 Å². The molecule has 22 heavy (non-hydrogen) atoms. The molecule has 1 aliphatic heterocycles. The molecule has 0 bridgehead atoms. The second-order valence-electron chi connectivity index (χ2n) is 5.95. The molecule has 1 aliphatic rings. The maximum absolute atomic E-state index is 4.98. The van der Waals surface area contributed by atoms with Crippen LogP contribution in [0.3, 0.4) is 0 Å². The molecular weight excluding hydrogens is 276 g/mol. The summed E-state index contributed by atoms with van der Waals surface area (Å²) in [5, 5.41) is 12.2. The Hall–Kier alpha value is -2.21. The number of aryl methyl sites for hydroxylation is 1. The first-order valence-electron chi connectivity index (χ1n) is 7.85. The van der Waals surface area contributed by atoms with Gasteiger partial charge < -0.3 is 5.32 Å². The Balaban J connectivity index is 1.83. The highest BCUT2D eigenvalue weighted by molar-refractivity contribution is 5.61. The van der Waals surface area contributed by atoms with Gasteiger partial charge in [-0.3, -0.25) is 4.68 Å². The monoisotopic (exact) mass is 296 g/mol. The van der Waals surface area contributed by atoms with E-state index in [9.17, 15) is 0 Å².